The Morgan fingerprint density at radius 3 is 2.38 bits per heavy atom. The number of ether oxygens (including phenoxy) is 4. The highest BCUT2D eigenvalue weighted by molar-refractivity contribution is 5.69. The molecule has 0 amide bonds. The molecule has 2 N–H and O–H groups in total. The average molecular weight is 445 g/mol. The summed E-state index contributed by atoms with van der Waals surface area (Å²) in [6.07, 6.45) is 0.736. The molecular formula is C25H32O7. The zero-order valence-electron chi connectivity index (χ0n) is 19.0. The van der Waals surface area contributed by atoms with E-state index in [0.717, 1.165) is 11.1 Å². The highest BCUT2D eigenvalue weighted by Crippen LogP contribution is 2.43. The molecule has 0 spiro atoms. The Labute approximate surface area is 188 Å². The molecular weight excluding hydrogens is 412 g/mol. The number of phenols is 2. The van der Waals surface area contributed by atoms with E-state index < -0.39 is 0 Å². The standard InChI is InChI=1S/C25H32O7/c1-15(2)9-24(28)31-14-19-18(10-16-5-7-20(26)22(11-16)29-3)13-32-25(19)17-6-8-21(27)23(12-17)30-4/h5-8,11-12,15,18-19,25-27H,9-10,13-14H2,1-4H3/t18-,19-,25+/m0/s1. The third kappa shape index (κ3) is 5.65. The summed E-state index contributed by atoms with van der Waals surface area (Å²) < 4.78 is 22.3. The summed E-state index contributed by atoms with van der Waals surface area (Å²) in [7, 11) is 3.02. The predicted molar refractivity (Wildman–Crippen MR) is 119 cm³/mol. The number of rotatable bonds is 9. The molecule has 7 heteroatoms. The third-order valence-electron chi connectivity index (χ3n) is 5.77. The lowest BCUT2D eigenvalue weighted by Gasteiger charge is -2.24. The first kappa shape index (κ1) is 23.7. The Kier molecular flexibility index (Phi) is 7.85. The Balaban J connectivity index is 1.83. The van der Waals surface area contributed by atoms with Crippen LogP contribution in [0.4, 0.5) is 0 Å². The second kappa shape index (κ2) is 10.6. The minimum absolute atomic E-state index is 0.0573. The van der Waals surface area contributed by atoms with Gasteiger partial charge in [-0.2, -0.15) is 0 Å². The average Bonchev–Trinajstić information content (AvgIpc) is 3.15. The number of hydrogen-bond acceptors (Lipinski definition) is 7. The predicted octanol–water partition coefficient (Wildman–Crippen LogP) is 4.25. The molecule has 1 fully saturated rings. The summed E-state index contributed by atoms with van der Waals surface area (Å²) >= 11 is 0. The van der Waals surface area contributed by atoms with E-state index in [2.05, 4.69) is 0 Å². The largest absolute Gasteiger partial charge is 0.504 e. The van der Waals surface area contributed by atoms with Crippen LogP contribution < -0.4 is 9.47 Å². The van der Waals surface area contributed by atoms with Crippen molar-refractivity contribution >= 4 is 5.97 Å². The van der Waals surface area contributed by atoms with Gasteiger partial charge in [0.25, 0.3) is 0 Å². The normalized spacial score (nSPS) is 20.3. The number of hydrogen-bond donors (Lipinski definition) is 2. The van der Waals surface area contributed by atoms with Gasteiger partial charge in [-0.1, -0.05) is 26.0 Å². The van der Waals surface area contributed by atoms with E-state index in [4.69, 9.17) is 18.9 Å². The first-order valence-electron chi connectivity index (χ1n) is 10.8. The molecule has 0 unspecified atom stereocenters. The zero-order chi connectivity index (χ0) is 23.3. The Bertz CT molecular complexity index is 925. The van der Waals surface area contributed by atoms with Crippen molar-refractivity contribution in [2.24, 2.45) is 17.8 Å². The van der Waals surface area contributed by atoms with Gasteiger partial charge >= 0.3 is 5.97 Å². The number of esters is 1. The number of aromatic hydroxyl groups is 2. The fourth-order valence-corrected chi connectivity index (χ4v) is 4.10. The Hall–Kier alpha value is -2.93. The minimum atomic E-state index is -0.305. The van der Waals surface area contributed by atoms with Crippen LogP contribution in [0.3, 0.4) is 0 Å². The molecule has 1 heterocycles. The van der Waals surface area contributed by atoms with Crippen LogP contribution in [0.25, 0.3) is 0 Å². The molecule has 3 atom stereocenters. The molecule has 1 aliphatic rings. The molecule has 2 aromatic rings. The summed E-state index contributed by atoms with van der Waals surface area (Å²) in [6, 6.07) is 10.4. The summed E-state index contributed by atoms with van der Waals surface area (Å²) in [6.45, 7) is 4.68. The van der Waals surface area contributed by atoms with E-state index in [-0.39, 0.29) is 47.9 Å². The van der Waals surface area contributed by atoms with Gasteiger partial charge in [0.2, 0.25) is 0 Å². The van der Waals surface area contributed by atoms with Crippen LogP contribution in [-0.4, -0.2) is 43.6 Å². The van der Waals surface area contributed by atoms with E-state index in [9.17, 15) is 15.0 Å². The van der Waals surface area contributed by atoms with Gasteiger partial charge in [0, 0.05) is 12.3 Å². The first-order valence-corrected chi connectivity index (χ1v) is 10.8. The maximum absolute atomic E-state index is 12.2. The van der Waals surface area contributed by atoms with Crippen molar-refractivity contribution < 1.29 is 34.0 Å². The molecule has 7 nitrogen and oxygen atoms in total. The van der Waals surface area contributed by atoms with Crippen molar-refractivity contribution in [2.75, 3.05) is 27.4 Å². The maximum Gasteiger partial charge on any atom is 0.306 e. The third-order valence-corrected chi connectivity index (χ3v) is 5.77. The first-order chi connectivity index (χ1) is 15.3. The van der Waals surface area contributed by atoms with Crippen LogP contribution >= 0.6 is 0 Å². The van der Waals surface area contributed by atoms with E-state index in [1.165, 1.54) is 14.2 Å². The molecule has 2 aromatic carbocycles. The monoisotopic (exact) mass is 444 g/mol. The highest BCUT2D eigenvalue weighted by Gasteiger charge is 2.39. The number of carbonyl (C=O) groups excluding carboxylic acids is 1. The number of methoxy groups -OCH3 is 2. The number of carbonyl (C=O) groups is 1. The summed E-state index contributed by atoms with van der Waals surface area (Å²) in [4.78, 5) is 12.2. The lowest BCUT2D eigenvalue weighted by Crippen LogP contribution is -2.25. The van der Waals surface area contributed by atoms with Crippen molar-refractivity contribution in [3.05, 3.63) is 47.5 Å². The smallest absolute Gasteiger partial charge is 0.306 e. The van der Waals surface area contributed by atoms with Gasteiger partial charge in [0.1, 0.15) is 0 Å². The number of benzene rings is 2. The fraction of sp³-hybridized carbons (Fsp3) is 0.480. The molecule has 32 heavy (non-hydrogen) atoms. The molecule has 3 rings (SSSR count). The van der Waals surface area contributed by atoms with E-state index >= 15 is 0 Å². The van der Waals surface area contributed by atoms with Gasteiger partial charge in [0.05, 0.1) is 33.5 Å². The Morgan fingerprint density at radius 1 is 1.06 bits per heavy atom. The lowest BCUT2D eigenvalue weighted by atomic mass is 9.84. The quantitative estimate of drug-likeness (QED) is 0.558. The summed E-state index contributed by atoms with van der Waals surface area (Å²) in [5.41, 5.74) is 1.85. The van der Waals surface area contributed by atoms with Crippen molar-refractivity contribution in [1.29, 1.82) is 0 Å². The van der Waals surface area contributed by atoms with Gasteiger partial charge in [-0.15, -0.1) is 0 Å². The topological polar surface area (TPSA) is 94.5 Å². The second-order valence-corrected chi connectivity index (χ2v) is 8.60. The minimum Gasteiger partial charge on any atom is -0.504 e. The lowest BCUT2D eigenvalue weighted by molar-refractivity contribution is -0.146. The summed E-state index contributed by atoms with van der Waals surface area (Å²) in [5, 5.41) is 19.8. The molecule has 0 saturated carbocycles. The zero-order valence-corrected chi connectivity index (χ0v) is 19.0. The van der Waals surface area contributed by atoms with E-state index in [1.54, 1.807) is 24.3 Å². The molecule has 1 aliphatic heterocycles. The van der Waals surface area contributed by atoms with Crippen LogP contribution in [0.5, 0.6) is 23.0 Å². The molecule has 0 radical (unpaired) electrons. The van der Waals surface area contributed by atoms with Gasteiger partial charge in [-0.25, -0.2) is 0 Å². The van der Waals surface area contributed by atoms with Crippen molar-refractivity contribution in [1.82, 2.24) is 0 Å². The molecule has 1 saturated heterocycles. The van der Waals surface area contributed by atoms with Gasteiger partial charge < -0.3 is 29.2 Å². The maximum atomic E-state index is 12.2. The summed E-state index contributed by atoms with van der Waals surface area (Å²) in [5.74, 6) is 0.934. The van der Waals surface area contributed by atoms with Crippen molar-refractivity contribution in [3.8, 4) is 23.0 Å². The van der Waals surface area contributed by atoms with Crippen LogP contribution in [0.1, 0.15) is 37.5 Å². The van der Waals surface area contributed by atoms with Crippen LogP contribution in [0.15, 0.2) is 36.4 Å². The SMILES string of the molecule is COc1cc(C[C@H]2CO[C@H](c3ccc(O)c(OC)c3)[C@H]2COC(=O)CC(C)C)ccc1O. The van der Waals surface area contributed by atoms with Crippen LogP contribution in [0, 0.1) is 17.8 Å². The van der Waals surface area contributed by atoms with Gasteiger partial charge in [-0.3, -0.25) is 4.79 Å². The van der Waals surface area contributed by atoms with Crippen molar-refractivity contribution in [2.45, 2.75) is 32.8 Å². The fourth-order valence-electron chi connectivity index (χ4n) is 4.10. The second-order valence-electron chi connectivity index (χ2n) is 8.60. The molecule has 0 aromatic heterocycles. The highest BCUT2D eigenvalue weighted by atomic mass is 16.5. The molecule has 0 bridgehead atoms. The van der Waals surface area contributed by atoms with Gasteiger partial charge in [-0.05, 0) is 53.6 Å². The molecule has 174 valence electrons. The Morgan fingerprint density at radius 2 is 1.72 bits per heavy atom. The number of phenolic OH excluding ortho intramolecular Hbond substituents is 2. The molecule has 0 aliphatic carbocycles. The van der Waals surface area contributed by atoms with Gasteiger partial charge in [0.15, 0.2) is 23.0 Å². The van der Waals surface area contributed by atoms with E-state index in [0.29, 0.717) is 30.9 Å². The van der Waals surface area contributed by atoms with Crippen molar-refractivity contribution in [3.63, 3.8) is 0 Å². The van der Waals surface area contributed by atoms with E-state index in [1.807, 2.05) is 26.0 Å². The van der Waals surface area contributed by atoms with Crippen LogP contribution in [0.2, 0.25) is 0 Å². The van der Waals surface area contributed by atoms with Crippen LogP contribution in [-0.2, 0) is 20.7 Å².